The van der Waals surface area contributed by atoms with E-state index in [1.165, 1.54) is 4.57 Å². The van der Waals surface area contributed by atoms with Gasteiger partial charge in [0, 0.05) is 0 Å². The Hall–Kier alpha value is -2.81. The minimum Gasteiger partial charge on any atom is -0.346 e. The number of nitrogens with one attached hydrogen (secondary N) is 1. The summed E-state index contributed by atoms with van der Waals surface area (Å²) in [7, 11) is 0. The molecule has 0 fully saturated rings. The second kappa shape index (κ2) is 8.69. The molecule has 2 aromatic carbocycles. The Morgan fingerprint density at radius 1 is 1.14 bits per heavy atom. The van der Waals surface area contributed by atoms with E-state index in [1.54, 1.807) is 24.3 Å². The van der Waals surface area contributed by atoms with Crippen molar-refractivity contribution in [2.24, 2.45) is 0 Å². The predicted molar refractivity (Wildman–Crippen MR) is 106 cm³/mol. The first kappa shape index (κ1) is 20.9. The van der Waals surface area contributed by atoms with Crippen LogP contribution in [0.25, 0.3) is 10.9 Å². The van der Waals surface area contributed by atoms with Crippen LogP contribution in [0.4, 0.5) is 13.2 Å². The molecule has 3 aromatic rings. The Morgan fingerprint density at radius 3 is 2.52 bits per heavy atom. The number of nitrogens with zero attached hydrogens (tertiary/aromatic N) is 2. The fraction of sp³-hybridized carbons (Fsp3) is 0.250. The Kier molecular flexibility index (Phi) is 6.26. The van der Waals surface area contributed by atoms with Gasteiger partial charge in [-0.05, 0) is 24.6 Å². The van der Waals surface area contributed by atoms with Crippen LogP contribution < -0.4 is 10.9 Å². The smallest absolute Gasteiger partial charge is 0.346 e. The van der Waals surface area contributed by atoms with E-state index in [4.69, 9.17) is 0 Å². The zero-order chi connectivity index (χ0) is 21.0. The van der Waals surface area contributed by atoms with Gasteiger partial charge >= 0.3 is 6.18 Å². The fourth-order valence-electron chi connectivity index (χ4n) is 2.65. The van der Waals surface area contributed by atoms with Gasteiger partial charge in [0.1, 0.15) is 6.54 Å². The molecular formula is C20H18F3N3O2S. The highest BCUT2D eigenvalue weighted by atomic mass is 32.2. The Bertz CT molecular complexity index is 1080. The number of aryl methyl sites for hydroxylation is 1. The molecule has 0 radical (unpaired) electrons. The van der Waals surface area contributed by atoms with Crippen molar-refractivity contribution in [3.8, 4) is 0 Å². The van der Waals surface area contributed by atoms with E-state index in [2.05, 4.69) is 4.98 Å². The molecule has 0 unspecified atom stereocenters. The van der Waals surface area contributed by atoms with Crippen molar-refractivity contribution in [2.45, 2.75) is 24.8 Å². The molecule has 1 aromatic heterocycles. The van der Waals surface area contributed by atoms with E-state index in [0.29, 0.717) is 10.9 Å². The molecule has 0 aliphatic carbocycles. The number of benzene rings is 2. The van der Waals surface area contributed by atoms with Gasteiger partial charge in [-0.15, -0.1) is 0 Å². The van der Waals surface area contributed by atoms with E-state index < -0.39 is 18.6 Å². The van der Waals surface area contributed by atoms with Crippen molar-refractivity contribution in [2.75, 3.05) is 12.3 Å². The van der Waals surface area contributed by atoms with Gasteiger partial charge in [-0.3, -0.25) is 14.2 Å². The van der Waals surface area contributed by atoms with E-state index >= 15 is 0 Å². The summed E-state index contributed by atoms with van der Waals surface area (Å²) in [5, 5.41) is 2.53. The van der Waals surface area contributed by atoms with Crippen LogP contribution in [0.5, 0.6) is 0 Å². The molecule has 0 spiro atoms. The fourth-order valence-corrected chi connectivity index (χ4v) is 3.48. The number of carbonyl (C=O) groups excluding carboxylic acids is 1. The van der Waals surface area contributed by atoms with Crippen molar-refractivity contribution in [1.29, 1.82) is 0 Å². The third kappa shape index (κ3) is 5.60. The summed E-state index contributed by atoms with van der Waals surface area (Å²) in [6.07, 6.45) is -4.48. The summed E-state index contributed by atoms with van der Waals surface area (Å²) in [5.41, 5.74) is 2.15. The van der Waals surface area contributed by atoms with Crippen molar-refractivity contribution in [1.82, 2.24) is 14.9 Å². The van der Waals surface area contributed by atoms with Gasteiger partial charge < -0.3 is 5.32 Å². The van der Waals surface area contributed by atoms with Crippen LogP contribution in [0.1, 0.15) is 11.1 Å². The molecule has 3 rings (SSSR count). The van der Waals surface area contributed by atoms with E-state index in [1.807, 2.05) is 36.5 Å². The number of thioether (sulfide) groups is 1. The average molecular weight is 421 g/mol. The number of carbonyl (C=O) groups is 1. The summed E-state index contributed by atoms with van der Waals surface area (Å²) < 4.78 is 38.2. The molecule has 0 atom stereocenters. The molecule has 1 amide bonds. The minimum absolute atomic E-state index is 0.240. The molecule has 152 valence electrons. The second-order valence-corrected chi connectivity index (χ2v) is 7.41. The number of para-hydroxylation sites is 1. The third-order valence-electron chi connectivity index (χ3n) is 4.11. The van der Waals surface area contributed by atoms with Crippen molar-refractivity contribution < 1.29 is 18.0 Å². The SMILES string of the molecule is Cc1ccc(Cn2c(SCC(=O)NCC(F)(F)F)nc3ccccc3c2=O)cc1. The van der Waals surface area contributed by atoms with Gasteiger partial charge in [-0.1, -0.05) is 53.7 Å². The maximum absolute atomic E-state index is 13.0. The Balaban J connectivity index is 1.89. The lowest BCUT2D eigenvalue weighted by Crippen LogP contribution is -2.35. The molecule has 5 nitrogen and oxygen atoms in total. The highest BCUT2D eigenvalue weighted by Crippen LogP contribution is 2.19. The van der Waals surface area contributed by atoms with E-state index in [9.17, 15) is 22.8 Å². The molecule has 0 saturated carbocycles. The molecule has 0 aliphatic heterocycles. The Morgan fingerprint density at radius 2 is 1.83 bits per heavy atom. The molecular weight excluding hydrogens is 403 g/mol. The van der Waals surface area contributed by atoms with Crippen LogP contribution >= 0.6 is 11.8 Å². The topological polar surface area (TPSA) is 64.0 Å². The second-order valence-electron chi connectivity index (χ2n) is 6.47. The normalized spacial score (nSPS) is 11.6. The number of halogens is 3. The zero-order valence-corrected chi connectivity index (χ0v) is 16.3. The van der Waals surface area contributed by atoms with Crippen LogP contribution in [-0.4, -0.2) is 33.9 Å². The van der Waals surface area contributed by atoms with E-state index in [0.717, 1.165) is 22.9 Å². The number of rotatable bonds is 6. The molecule has 29 heavy (non-hydrogen) atoms. The first-order valence-electron chi connectivity index (χ1n) is 8.74. The maximum Gasteiger partial charge on any atom is 0.405 e. The van der Waals surface area contributed by atoms with Crippen molar-refractivity contribution >= 4 is 28.6 Å². The highest BCUT2D eigenvalue weighted by Gasteiger charge is 2.27. The highest BCUT2D eigenvalue weighted by molar-refractivity contribution is 7.99. The number of hydrogen-bond donors (Lipinski definition) is 1. The van der Waals surface area contributed by atoms with Crippen LogP contribution in [0.3, 0.4) is 0 Å². The number of hydrogen-bond acceptors (Lipinski definition) is 4. The van der Waals surface area contributed by atoms with Gasteiger partial charge in [0.2, 0.25) is 5.91 Å². The first-order chi connectivity index (χ1) is 13.7. The average Bonchev–Trinajstić information content (AvgIpc) is 2.68. The molecule has 0 saturated heterocycles. The van der Waals surface area contributed by atoms with Gasteiger partial charge in [0.05, 0.1) is 23.2 Å². The molecule has 0 aliphatic rings. The van der Waals surface area contributed by atoms with Crippen molar-refractivity contribution in [3.05, 3.63) is 70.0 Å². The van der Waals surface area contributed by atoms with Crippen LogP contribution in [0, 0.1) is 6.92 Å². The monoisotopic (exact) mass is 421 g/mol. The molecule has 1 N–H and O–H groups in total. The first-order valence-corrected chi connectivity index (χ1v) is 9.73. The summed E-state index contributed by atoms with van der Waals surface area (Å²) in [6.45, 7) is 0.797. The largest absolute Gasteiger partial charge is 0.405 e. The van der Waals surface area contributed by atoms with Crippen LogP contribution in [0.15, 0.2) is 58.5 Å². The lowest BCUT2D eigenvalue weighted by molar-refractivity contribution is -0.136. The van der Waals surface area contributed by atoms with E-state index in [-0.39, 0.29) is 23.0 Å². The molecule has 1 heterocycles. The van der Waals surface area contributed by atoms with Gasteiger partial charge in [0.15, 0.2) is 5.16 Å². The number of alkyl halides is 3. The van der Waals surface area contributed by atoms with Gasteiger partial charge in [0.25, 0.3) is 5.56 Å². The molecule has 0 bridgehead atoms. The predicted octanol–water partition coefficient (Wildman–Crippen LogP) is 3.52. The lowest BCUT2D eigenvalue weighted by Gasteiger charge is -2.14. The molecule has 9 heteroatoms. The summed E-state index contributed by atoms with van der Waals surface area (Å²) in [4.78, 5) is 29.2. The number of aromatic nitrogens is 2. The minimum atomic E-state index is -4.48. The Labute approximate surface area is 169 Å². The zero-order valence-electron chi connectivity index (χ0n) is 15.5. The quantitative estimate of drug-likeness (QED) is 0.489. The summed E-state index contributed by atoms with van der Waals surface area (Å²) in [6, 6.07) is 14.4. The number of fused-ring (bicyclic) bond motifs is 1. The maximum atomic E-state index is 13.0. The van der Waals surface area contributed by atoms with Crippen LogP contribution in [-0.2, 0) is 11.3 Å². The van der Waals surface area contributed by atoms with Gasteiger partial charge in [-0.25, -0.2) is 4.98 Å². The summed E-state index contributed by atoms with van der Waals surface area (Å²) in [5.74, 6) is -1.06. The third-order valence-corrected chi connectivity index (χ3v) is 5.08. The van der Waals surface area contributed by atoms with Crippen molar-refractivity contribution in [3.63, 3.8) is 0 Å². The number of amides is 1. The standard InChI is InChI=1S/C20H18F3N3O2S/c1-13-6-8-14(9-7-13)10-26-18(28)15-4-2-3-5-16(15)25-19(26)29-11-17(27)24-12-20(21,22)23/h2-9H,10-12H2,1H3,(H,24,27). The lowest BCUT2D eigenvalue weighted by atomic mass is 10.1. The van der Waals surface area contributed by atoms with Crippen LogP contribution in [0.2, 0.25) is 0 Å². The van der Waals surface area contributed by atoms with Gasteiger partial charge in [-0.2, -0.15) is 13.2 Å². The summed E-state index contributed by atoms with van der Waals surface area (Å²) >= 11 is 0.930.